The monoisotopic (exact) mass is 459 g/mol. The van der Waals surface area contributed by atoms with Crippen LogP contribution in [0.15, 0.2) is 60.7 Å². The maximum atomic E-state index is 12.7. The first-order valence-corrected chi connectivity index (χ1v) is 11.1. The summed E-state index contributed by atoms with van der Waals surface area (Å²) >= 11 is 5.83. The predicted octanol–water partition coefficient (Wildman–Crippen LogP) is 4.65. The lowest BCUT2D eigenvalue weighted by Gasteiger charge is -2.15. The molecule has 0 heterocycles. The van der Waals surface area contributed by atoms with E-state index < -0.39 is 22.0 Å². The highest BCUT2D eigenvalue weighted by Gasteiger charge is 2.20. The smallest absolute Gasteiger partial charge is 0.335 e. The molecule has 7 nitrogen and oxygen atoms in total. The number of benzene rings is 3. The molecule has 0 unspecified atom stereocenters. The summed E-state index contributed by atoms with van der Waals surface area (Å²) in [5.41, 5.74) is 1.13. The van der Waals surface area contributed by atoms with Crippen LogP contribution in [0.3, 0.4) is 0 Å². The number of carboxylic acids is 2. The van der Waals surface area contributed by atoms with E-state index in [0.29, 0.717) is 16.1 Å². The molecular weight excluding hydrogens is 442 g/mol. The molecule has 3 N–H and O–H groups in total. The molecule has 0 aromatic heterocycles. The van der Waals surface area contributed by atoms with Gasteiger partial charge in [0, 0.05) is 10.6 Å². The van der Waals surface area contributed by atoms with Gasteiger partial charge in [0.2, 0.25) is 10.0 Å². The van der Waals surface area contributed by atoms with Gasteiger partial charge in [0.15, 0.2) is 0 Å². The van der Waals surface area contributed by atoms with Gasteiger partial charge in [-0.15, -0.1) is 0 Å². The van der Waals surface area contributed by atoms with E-state index >= 15 is 0 Å². The Balaban J connectivity index is 2.03. The highest BCUT2D eigenvalue weighted by molar-refractivity contribution is 7.91. The molecule has 0 saturated carbocycles. The third kappa shape index (κ3) is 5.22. The number of hydrogen-bond acceptors (Lipinski definition) is 4. The van der Waals surface area contributed by atoms with Crippen molar-refractivity contribution in [3.05, 3.63) is 87.9 Å². The van der Waals surface area contributed by atoms with Crippen molar-refractivity contribution in [2.75, 3.05) is 4.72 Å². The summed E-state index contributed by atoms with van der Waals surface area (Å²) in [6.45, 7) is 1.41. The number of sulfonamides is 1. The van der Waals surface area contributed by atoms with Gasteiger partial charge in [-0.25, -0.2) is 18.0 Å². The topological polar surface area (TPSA) is 121 Å². The molecule has 0 spiro atoms. The van der Waals surface area contributed by atoms with E-state index in [1.807, 2.05) is 0 Å². The van der Waals surface area contributed by atoms with Gasteiger partial charge in [-0.3, -0.25) is 4.72 Å². The van der Waals surface area contributed by atoms with Gasteiger partial charge in [0.05, 0.1) is 22.6 Å². The van der Waals surface area contributed by atoms with Gasteiger partial charge < -0.3 is 10.2 Å². The van der Waals surface area contributed by atoms with Crippen LogP contribution in [0, 0.1) is 6.92 Å². The molecule has 160 valence electrons. The fraction of sp³-hybridized carbons (Fsp3) is 0.0909. The van der Waals surface area contributed by atoms with Gasteiger partial charge in [-0.2, -0.15) is 0 Å². The second kappa shape index (κ2) is 8.79. The van der Waals surface area contributed by atoms with Crippen molar-refractivity contribution in [3.8, 4) is 11.1 Å². The number of hydrogen-bond donors (Lipinski definition) is 3. The van der Waals surface area contributed by atoms with E-state index in [0.717, 1.165) is 0 Å². The lowest BCUT2D eigenvalue weighted by Crippen LogP contribution is -2.16. The zero-order valence-electron chi connectivity index (χ0n) is 16.3. The molecule has 0 aliphatic heterocycles. The Hall–Kier alpha value is -3.36. The van der Waals surface area contributed by atoms with Gasteiger partial charge in [-0.05, 0) is 53.9 Å². The van der Waals surface area contributed by atoms with E-state index in [1.165, 1.54) is 25.1 Å². The van der Waals surface area contributed by atoms with Crippen molar-refractivity contribution in [3.63, 3.8) is 0 Å². The molecule has 0 saturated heterocycles. The Morgan fingerprint density at radius 3 is 2.03 bits per heavy atom. The first-order chi connectivity index (χ1) is 14.6. The maximum Gasteiger partial charge on any atom is 0.335 e. The maximum absolute atomic E-state index is 12.7. The Morgan fingerprint density at radius 1 is 0.935 bits per heavy atom. The minimum absolute atomic E-state index is 0.115. The fourth-order valence-electron chi connectivity index (χ4n) is 3.14. The summed E-state index contributed by atoms with van der Waals surface area (Å²) in [6.07, 6.45) is 0. The van der Waals surface area contributed by atoms with Crippen LogP contribution in [0.25, 0.3) is 11.1 Å². The molecule has 9 heteroatoms. The highest BCUT2D eigenvalue weighted by atomic mass is 35.5. The van der Waals surface area contributed by atoms with Crippen LogP contribution >= 0.6 is 11.6 Å². The second-order valence-corrected chi connectivity index (χ2v) is 9.00. The number of carbonyl (C=O) groups is 2. The first kappa shape index (κ1) is 22.3. The molecule has 3 aromatic rings. The van der Waals surface area contributed by atoms with Crippen molar-refractivity contribution >= 4 is 39.3 Å². The van der Waals surface area contributed by atoms with E-state index in [9.17, 15) is 28.2 Å². The van der Waals surface area contributed by atoms with Crippen molar-refractivity contribution in [1.82, 2.24) is 0 Å². The molecular formula is C22H18ClNO6S. The van der Waals surface area contributed by atoms with Crippen LogP contribution in [-0.4, -0.2) is 30.6 Å². The van der Waals surface area contributed by atoms with Crippen LogP contribution in [0.1, 0.15) is 31.8 Å². The predicted molar refractivity (Wildman–Crippen MR) is 118 cm³/mol. The Labute approximate surface area is 184 Å². The molecule has 0 radical (unpaired) electrons. The van der Waals surface area contributed by atoms with E-state index in [2.05, 4.69) is 4.72 Å². The number of rotatable bonds is 7. The van der Waals surface area contributed by atoms with Gasteiger partial charge in [-0.1, -0.05) is 41.9 Å². The summed E-state index contributed by atoms with van der Waals surface area (Å²) in [6, 6.07) is 15.4. The van der Waals surface area contributed by atoms with Crippen molar-refractivity contribution in [1.29, 1.82) is 0 Å². The average Bonchev–Trinajstić information content (AvgIpc) is 2.69. The Bertz CT molecular complexity index is 1230. The van der Waals surface area contributed by atoms with Gasteiger partial charge in [0.1, 0.15) is 0 Å². The SMILES string of the molecule is Cc1c(C(=O)O)cc(-c2ccccc2NS(=O)(=O)Cc2ccc(Cl)cc2)cc1C(=O)O. The first-order valence-electron chi connectivity index (χ1n) is 9.03. The van der Waals surface area contributed by atoms with E-state index in [-0.39, 0.29) is 33.7 Å². The van der Waals surface area contributed by atoms with E-state index in [4.69, 9.17) is 11.6 Å². The molecule has 0 aliphatic rings. The van der Waals surface area contributed by atoms with Gasteiger partial charge >= 0.3 is 11.9 Å². The van der Waals surface area contributed by atoms with Crippen LogP contribution in [0.2, 0.25) is 5.02 Å². The van der Waals surface area contributed by atoms with Crippen molar-refractivity contribution < 1.29 is 28.2 Å². The normalized spacial score (nSPS) is 11.2. The molecule has 0 bridgehead atoms. The number of halogens is 1. The van der Waals surface area contributed by atoms with Gasteiger partial charge in [0.25, 0.3) is 0 Å². The number of anilines is 1. The molecule has 0 aliphatic carbocycles. The summed E-state index contributed by atoms with van der Waals surface area (Å²) in [5.74, 6) is -2.85. The zero-order chi connectivity index (χ0) is 22.8. The number of carboxylic acid groups (broad SMARTS) is 2. The van der Waals surface area contributed by atoms with Crippen LogP contribution in [0.5, 0.6) is 0 Å². The summed E-state index contributed by atoms with van der Waals surface area (Å²) in [7, 11) is -3.82. The molecule has 3 aromatic carbocycles. The number of nitrogens with one attached hydrogen (secondary N) is 1. The van der Waals surface area contributed by atoms with E-state index in [1.54, 1.807) is 42.5 Å². The summed E-state index contributed by atoms with van der Waals surface area (Å²) in [4.78, 5) is 23.2. The number of aromatic carboxylic acids is 2. The van der Waals surface area contributed by atoms with Crippen molar-refractivity contribution in [2.45, 2.75) is 12.7 Å². The minimum atomic E-state index is -3.82. The third-order valence-electron chi connectivity index (χ3n) is 4.64. The fourth-order valence-corrected chi connectivity index (χ4v) is 4.48. The molecule has 31 heavy (non-hydrogen) atoms. The highest BCUT2D eigenvalue weighted by Crippen LogP contribution is 2.32. The second-order valence-electron chi connectivity index (χ2n) is 6.84. The standard InChI is InChI=1S/C22H18ClNO6S/c1-13-18(21(25)26)10-15(11-19(13)22(27)28)17-4-2-3-5-20(17)24-31(29,30)12-14-6-8-16(23)9-7-14/h2-11,24H,12H2,1H3,(H,25,26)(H,27,28). The van der Waals surface area contributed by atoms with Crippen LogP contribution in [-0.2, 0) is 15.8 Å². The Morgan fingerprint density at radius 2 is 1.48 bits per heavy atom. The largest absolute Gasteiger partial charge is 0.478 e. The average molecular weight is 460 g/mol. The third-order valence-corrected chi connectivity index (χ3v) is 6.14. The van der Waals surface area contributed by atoms with Crippen LogP contribution in [0.4, 0.5) is 5.69 Å². The van der Waals surface area contributed by atoms with Crippen LogP contribution < -0.4 is 4.72 Å². The minimum Gasteiger partial charge on any atom is -0.478 e. The quantitative estimate of drug-likeness (QED) is 0.472. The molecule has 3 rings (SSSR count). The molecule has 0 atom stereocenters. The van der Waals surface area contributed by atoms with Crippen molar-refractivity contribution in [2.24, 2.45) is 0 Å². The summed E-state index contributed by atoms with van der Waals surface area (Å²) < 4.78 is 27.9. The summed E-state index contributed by atoms with van der Waals surface area (Å²) in [5, 5.41) is 19.4. The molecule has 0 fully saturated rings. The lowest BCUT2D eigenvalue weighted by atomic mass is 9.94. The lowest BCUT2D eigenvalue weighted by molar-refractivity contribution is 0.0696. The zero-order valence-corrected chi connectivity index (χ0v) is 17.9. The Kier molecular flexibility index (Phi) is 6.33. The number of para-hydroxylation sites is 1. The molecule has 0 amide bonds.